The fourth-order valence-electron chi connectivity index (χ4n) is 3.35. The monoisotopic (exact) mass is 299 g/mol. The van der Waals surface area contributed by atoms with Crippen molar-refractivity contribution in [1.82, 2.24) is 5.32 Å². The Hall–Kier alpha value is -0.0800. The van der Waals surface area contributed by atoms with Crippen LogP contribution in [0.5, 0.6) is 0 Å². The summed E-state index contributed by atoms with van der Waals surface area (Å²) in [4.78, 5) is 0. The van der Waals surface area contributed by atoms with Crippen LogP contribution in [0.2, 0.25) is 0 Å². The normalized spacial score (nSPS) is 13.6. The van der Waals surface area contributed by atoms with Gasteiger partial charge in [0.2, 0.25) is 0 Å². The molecule has 21 heavy (non-hydrogen) atoms. The number of ether oxygens (including phenoxy) is 1. The van der Waals surface area contributed by atoms with Crippen molar-refractivity contribution in [2.24, 2.45) is 0 Å². The summed E-state index contributed by atoms with van der Waals surface area (Å²) >= 11 is 0. The van der Waals surface area contributed by atoms with Crippen molar-refractivity contribution in [1.29, 1.82) is 0 Å². The molecule has 0 aliphatic heterocycles. The molecular weight excluding hydrogens is 258 g/mol. The van der Waals surface area contributed by atoms with Crippen molar-refractivity contribution in [2.45, 2.75) is 110 Å². The number of hydrogen-bond donors (Lipinski definition) is 1. The first-order valence-corrected chi connectivity index (χ1v) is 9.49. The molecule has 0 heterocycles. The molecular formula is C19H41NO. The molecule has 0 amide bonds. The first-order chi connectivity index (χ1) is 10.2. The van der Waals surface area contributed by atoms with Gasteiger partial charge >= 0.3 is 0 Å². The highest BCUT2D eigenvalue weighted by Crippen LogP contribution is 2.27. The molecule has 1 atom stereocenters. The summed E-state index contributed by atoms with van der Waals surface area (Å²) < 4.78 is 5.94. The molecule has 0 spiro atoms. The van der Waals surface area contributed by atoms with Gasteiger partial charge in [-0.3, -0.25) is 0 Å². The summed E-state index contributed by atoms with van der Waals surface area (Å²) in [6.07, 6.45) is 14.3. The number of rotatable bonds is 15. The first-order valence-electron chi connectivity index (χ1n) is 9.49. The van der Waals surface area contributed by atoms with Crippen molar-refractivity contribution >= 4 is 0 Å². The van der Waals surface area contributed by atoms with Crippen LogP contribution in [0.15, 0.2) is 0 Å². The summed E-state index contributed by atoms with van der Waals surface area (Å²) in [5.74, 6) is 0. The third-order valence-electron chi connectivity index (χ3n) is 4.98. The third kappa shape index (κ3) is 8.21. The van der Waals surface area contributed by atoms with Gasteiger partial charge < -0.3 is 10.1 Å². The second-order valence-electron chi connectivity index (χ2n) is 6.39. The van der Waals surface area contributed by atoms with E-state index in [9.17, 15) is 0 Å². The average molecular weight is 300 g/mol. The molecule has 128 valence electrons. The SMILES string of the molecule is CCCCCCCCCC(NCCC)C(CC)(CC)OC. The van der Waals surface area contributed by atoms with E-state index in [2.05, 4.69) is 33.0 Å². The summed E-state index contributed by atoms with van der Waals surface area (Å²) in [7, 11) is 1.89. The zero-order chi connectivity index (χ0) is 16.0. The predicted octanol–water partition coefficient (Wildman–Crippen LogP) is 5.70. The minimum atomic E-state index is 0.0252. The van der Waals surface area contributed by atoms with E-state index in [0.717, 1.165) is 19.4 Å². The number of methoxy groups -OCH3 is 1. The lowest BCUT2D eigenvalue weighted by molar-refractivity contribution is -0.0498. The van der Waals surface area contributed by atoms with Crippen molar-refractivity contribution in [3.63, 3.8) is 0 Å². The van der Waals surface area contributed by atoms with Gasteiger partial charge in [-0.15, -0.1) is 0 Å². The van der Waals surface area contributed by atoms with E-state index in [1.807, 2.05) is 7.11 Å². The Bertz CT molecular complexity index is 205. The molecule has 0 aromatic rings. The summed E-state index contributed by atoms with van der Waals surface area (Å²) in [5.41, 5.74) is 0.0252. The lowest BCUT2D eigenvalue weighted by Gasteiger charge is -2.39. The molecule has 0 rings (SSSR count). The Morgan fingerprint density at radius 1 is 0.810 bits per heavy atom. The van der Waals surface area contributed by atoms with Gasteiger partial charge in [-0.2, -0.15) is 0 Å². The Balaban J connectivity index is 4.17. The molecule has 2 nitrogen and oxygen atoms in total. The van der Waals surface area contributed by atoms with Gasteiger partial charge in [0.25, 0.3) is 0 Å². The van der Waals surface area contributed by atoms with Gasteiger partial charge in [0.15, 0.2) is 0 Å². The molecule has 0 saturated heterocycles. The Labute approximate surface area is 134 Å². The zero-order valence-corrected chi connectivity index (χ0v) is 15.5. The number of hydrogen-bond acceptors (Lipinski definition) is 2. The quantitative estimate of drug-likeness (QED) is 0.392. The van der Waals surface area contributed by atoms with E-state index in [4.69, 9.17) is 4.74 Å². The van der Waals surface area contributed by atoms with Crippen LogP contribution in [0.1, 0.15) is 98.3 Å². The van der Waals surface area contributed by atoms with Crippen LogP contribution in [-0.2, 0) is 4.74 Å². The summed E-state index contributed by atoms with van der Waals surface area (Å²) in [5, 5.41) is 3.75. The molecule has 0 saturated carbocycles. The van der Waals surface area contributed by atoms with Gasteiger partial charge in [-0.1, -0.05) is 72.6 Å². The first kappa shape index (κ1) is 20.9. The van der Waals surface area contributed by atoms with Gasteiger partial charge in [-0.25, -0.2) is 0 Å². The van der Waals surface area contributed by atoms with E-state index < -0.39 is 0 Å². The molecule has 0 aliphatic rings. The fourth-order valence-corrected chi connectivity index (χ4v) is 3.35. The van der Waals surface area contributed by atoms with E-state index >= 15 is 0 Å². The van der Waals surface area contributed by atoms with E-state index in [0.29, 0.717) is 6.04 Å². The smallest absolute Gasteiger partial charge is 0.0825 e. The molecule has 0 aromatic carbocycles. The molecule has 0 fully saturated rings. The van der Waals surface area contributed by atoms with Crippen LogP contribution < -0.4 is 5.32 Å². The topological polar surface area (TPSA) is 21.3 Å². The van der Waals surface area contributed by atoms with Crippen molar-refractivity contribution in [3.8, 4) is 0 Å². The molecule has 0 radical (unpaired) electrons. The van der Waals surface area contributed by atoms with Gasteiger partial charge in [0, 0.05) is 13.2 Å². The van der Waals surface area contributed by atoms with Crippen LogP contribution in [0, 0.1) is 0 Å². The number of unbranched alkanes of at least 4 members (excludes halogenated alkanes) is 6. The maximum Gasteiger partial charge on any atom is 0.0825 e. The Morgan fingerprint density at radius 3 is 1.86 bits per heavy atom. The lowest BCUT2D eigenvalue weighted by Crippen LogP contribution is -2.51. The van der Waals surface area contributed by atoms with Gasteiger partial charge in [0.05, 0.1) is 5.60 Å². The van der Waals surface area contributed by atoms with Crippen molar-refractivity contribution in [2.75, 3.05) is 13.7 Å². The second kappa shape index (κ2) is 13.6. The highest BCUT2D eigenvalue weighted by atomic mass is 16.5. The maximum atomic E-state index is 5.94. The largest absolute Gasteiger partial charge is 0.377 e. The summed E-state index contributed by atoms with van der Waals surface area (Å²) in [6.45, 7) is 10.1. The van der Waals surface area contributed by atoms with Gasteiger partial charge in [0.1, 0.15) is 0 Å². The molecule has 0 bridgehead atoms. The molecule has 1 unspecified atom stereocenters. The van der Waals surface area contributed by atoms with Crippen LogP contribution in [0.25, 0.3) is 0 Å². The third-order valence-corrected chi connectivity index (χ3v) is 4.98. The Morgan fingerprint density at radius 2 is 1.38 bits per heavy atom. The Kier molecular flexibility index (Phi) is 13.5. The molecule has 1 N–H and O–H groups in total. The predicted molar refractivity (Wildman–Crippen MR) is 95.0 cm³/mol. The van der Waals surface area contributed by atoms with E-state index in [1.165, 1.54) is 57.8 Å². The highest BCUT2D eigenvalue weighted by Gasteiger charge is 2.34. The highest BCUT2D eigenvalue weighted by molar-refractivity contribution is 4.91. The van der Waals surface area contributed by atoms with Crippen molar-refractivity contribution in [3.05, 3.63) is 0 Å². The fraction of sp³-hybridized carbons (Fsp3) is 1.00. The minimum absolute atomic E-state index is 0.0252. The average Bonchev–Trinajstić information content (AvgIpc) is 2.52. The van der Waals surface area contributed by atoms with Crippen LogP contribution >= 0.6 is 0 Å². The standard InChI is InChI=1S/C19H41NO/c1-6-10-11-12-13-14-15-16-18(20-17-7-2)19(8-3,9-4)21-5/h18,20H,6-17H2,1-5H3. The van der Waals surface area contributed by atoms with Crippen LogP contribution in [-0.4, -0.2) is 25.3 Å². The van der Waals surface area contributed by atoms with E-state index in [1.54, 1.807) is 0 Å². The second-order valence-corrected chi connectivity index (χ2v) is 6.39. The molecule has 2 heteroatoms. The summed E-state index contributed by atoms with van der Waals surface area (Å²) in [6, 6.07) is 0.507. The molecule has 0 aliphatic carbocycles. The lowest BCUT2D eigenvalue weighted by atomic mass is 9.84. The maximum absolute atomic E-state index is 5.94. The minimum Gasteiger partial charge on any atom is -0.377 e. The zero-order valence-electron chi connectivity index (χ0n) is 15.5. The van der Waals surface area contributed by atoms with Crippen LogP contribution in [0.3, 0.4) is 0 Å². The van der Waals surface area contributed by atoms with E-state index in [-0.39, 0.29) is 5.60 Å². The van der Waals surface area contributed by atoms with Gasteiger partial charge in [-0.05, 0) is 32.2 Å². The molecule has 0 aromatic heterocycles. The van der Waals surface area contributed by atoms with Crippen LogP contribution in [0.4, 0.5) is 0 Å². The van der Waals surface area contributed by atoms with Crippen molar-refractivity contribution < 1.29 is 4.74 Å². The number of nitrogens with one attached hydrogen (secondary N) is 1.